The van der Waals surface area contributed by atoms with Crippen molar-refractivity contribution >= 4 is 29.0 Å². The second-order valence-corrected chi connectivity index (χ2v) is 6.50. The largest absolute Gasteiger partial charge is 0.383 e. The highest BCUT2D eigenvalue weighted by molar-refractivity contribution is 6.32. The third kappa shape index (κ3) is 4.22. The lowest BCUT2D eigenvalue weighted by Crippen LogP contribution is -2.36. The zero-order valence-electron chi connectivity index (χ0n) is 14.6. The first-order valence-corrected chi connectivity index (χ1v) is 8.91. The first kappa shape index (κ1) is 18.4. The number of rotatable bonds is 4. The molecule has 1 fully saturated rings. The van der Waals surface area contributed by atoms with Crippen molar-refractivity contribution in [1.82, 2.24) is 14.9 Å². The number of benzene rings is 1. The van der Waals surface area contributed by atoms with Crippen molar-refractivity contribution in [2.24, 2.45) is 0 Å². The highest BCUT2D eigenvalue weighted by Gasteiger charge is 2.22. The molecule has 0 atom stereocenters. The standard InChI is InChI=1S/C18H21ClFN5O/c1-21-16-17(19)22-12-23-18(16)25-7-3-6-24(8-9-25)15(26)11-13-4-2-5-14(20)10-13/h2,4-5,10,12,21H,3,6-9,11H2,1H3. The molecule has 1 N–H and O–H groups in total. The number of carbonyl (C=O) groups is 1. The van der Waals surface area contributed by atoms with Gasteiger partial charge in [0.2, 0.25) is 5.91 Å². The van der Waals surface area contributed by atoms with E-state index in [0.29, 0.717) is 36.0 Å². The maximum absolute atomic E-state index is 13.3. The van der Waals surface area contributed by atoms with Gasteiger partial charge >= 0.3 is 0 Å². The molecule has 8 heteroatoms. The van der Waals surface area contributed by atoms with Crippen LogP contribution in [0.4, 0.5) is 15.9 Å². The van der Waals surface area contributed by atoms with E-state index < -0.39 is 0 Å². The van der Waals surface area contributed by atoms with Crippen molar-refractivity contribution in [2.45, 2.75) is 12.8 Å². The Kier molecular flexibility index (Phi) is 5.88. The zero-order chi connectivity index (χ0) is 18.5. The summed E-state index contributed by atoms with van der Waals surface area (Å²) in [6.45, 7) is 2.67. The van der Waals surface area contributed by atoms with E-state index in [1.54, 1.807) is 19.2 Å². The molecular formula is C18H21ClFN5O. The van der Waals surface area contributed by atoms with Gasteiger partial charge in [0.15, 0.2) is 11.0 Å². The second kappa shape index (κ2) is 8.31. The summed E-state index contributed by atoms with van der Waals surface area (Å²) in [7, 11) is 1.78. The van der Waals surface area contributed by atoms with Gasteiger partial charge in [-0.2, -0.15) is 0 Å². The van der Waals surface area contributed by atoms with Gasteiger partial charge < -0.3 is 15.1 Å². The average molecular weight is 378 g/mol. The molecule has 1 aliphatic heterocycles. The molecule has 26 heavy (non-hydrogen) atoms. The van der Waals surface area contributed by atoms with E-state index in [2.05, 4.69) is 20.2 Å². The number of halogens is 2. The second-order valence-electron chi connectivity index (χ2n) is 6.14. The Morgan fingerprint density at radius 1 is 1.27 bits per heavy atom. The van der Waals surface area contributed by atoms with Crippen LogP contribution in [0.25, 0.3) is 0 Å². The van der Waals surface area contributed by atoms with E-state index in [9.17, 15) is 9.18 Å². The highest BCUT2D eigenvalue weighted by Crippen LogP contribution is 2.29. The molecule has 1 aromatic carbocycles. The lowest BCUT2D eigenvalue weighted by Gasteiger charge is -2.24. The summed E-state index contributed by atoms with van der Waals surface area (Å²) >= 11 is 6.14. The van der Waals surface area contributed by atoms with Gasteiger partial charge in [0.25, 0.3) is 0 Å². The topological polar surface area (TPSA) is 61.4 Å². The predicted molar refractivity (Wildman–Crippen MR) is 100 cm³/mol. The Morgan fingerprint density at radius 3 is 2.88 bits per heavy atom. The van der Waals surface area contributed by atoms with E-state index in [4.69, 9.17) is 11.6 Å². The summed E-state index contributed by atoms with van der Waals surface area (Å²) in [6.07, 6.45) is 2.47. The van der Waals surface area contributed by atoms with E-state index in [1.165, 1.54) is 18.5 Å². The van der Waals surface area contributed by atoms with Crippen LogP contribution >= 0.6 is 11.6 Å². The summed E-state index contributed by atoms with van der Waals surface area (Å²) in [6, 6.07) is 6.18. The summed E-state index contributed by atoms with van der Waals surface area (Å²) < 4.78 is 13.3. The van der Waals surface area contributed by atoms with Crippen LogP contribution in [0.2, 0.25) is 5.15 Å². The van der Waals surface area contributed by atoms with Gasteiger partial charge in [0, 0.05) is 33.2 Å². The third-order valence-corrected chi connectivity index (χ3v) is 4.71. The fraction of sp³-hybridized carbons (Fsp3) is 0.389. The molecular weight excluding hydrogens is 357 g/mol. The van der Waals surface area contributed by atoms with Crippen molar-refractivity contribution in [3.63, 3.8) is 0 Å². The molecule has 2 heterocycles. The molecule has 1 aromatic heterocycles. The SMILES string of the molecule is CNc1c(Cl)ncnc1N1CCCN(C(=O)Cc2cccc(F)c2)CC1. The van der Waals surface area contributed by atoms with Crippen LogP contribution in [-0.2, 0) is 11.2 Å². The number of hydrogen-bond acceptors (Lipinski definition) is 5. The van der Waals surface area contributed by atoms with Crippen LogP contribution in [0.1, 0.15) is 12.0 Å². The molecule has 0 aliphatic carbocycles. The number of carbonyl (C=O) groups excluding carboxylic acids is 1. The zero-order valence-corrected chi connectivity index (χ0v) is 15.3. The molecule has 1 aliphatic rings. The third-order valence-electron chi connectivity index (χ3n) is 4.42. The maximum Gasteiger partial charge on any atom is 0.227 e. The Balaban J connectivity index is 1.67. The molecule has 0 bridgehead atoms. The molecule has 0 spiro atoms. The first-order valence-electron chi connectivity index (χ1n) is 8.54. The van der Waals surface area contributed by atoms with Gasteiger partial charge in [-0.25, -0.2) is 14.4 Å². The summed E-state index contributed by atoms with van der Waals surface area (Å²) in [4.78, 5) is 24.9. The molecule has 1 amide bonds. The number of hydrogen-bond donors (Lipinski definition) is 1. The lowest BCUT2D eigenvalue weighted by atomic mass is 10.1. The van der Waals surface area contributed by atoms with Crippen molar-refractivity contribution in [3.8, 4) is 0 Å². The maximum atomic E-state index is 13.3. The predicted octanol–water partition coefficient (Wildman–Crippen LogP) is 2.59. The Morgan fingerprint density at radius 2 is 2.12 bits per heavy atom. The molecule has 2 aromatic rings. The molecule has 3 rings (SSSR count). The van der Waals surface area contributed by atoms with Crippen LogP contribution in [0.15, 0.2) is 30.6 Å². The normalized spacial score (nSPS) is 14.9. The highest BCUT2D eigenvalue weighted by atomic mass is 35.5. The van der Waals surface area contributed by atoms with Gasteiger partial charge in [-0.3, -0.25) is 4.79 Å². The average Bonchev–Trinajstić information content (AvgIpc) is 2.87. The number of anilines is 2. The van der Waals surface area contributed by atoms with Gasteiger partial charge in [0.05, 0.1) is 6.42 Å². The van der Waals surface area contributed by atoms with Gasteiger partial charge in [-0.15, -0.1) is 0 Å². The Bertz CT molecular complexity index is 788. The van der Waals surface area contributed by atoms with Crippen molar-refractivity contribution < 1.29 is 9.18 Å². The number of nitrogens with one attached hydrogen (secondary N) is 1. The Labute approximate surface area is 157 Å². The quantitative estimate of drug-likeness (QED) is 0.830. The monoisotopic (exact) mass is 377 g/mol. The van der Waals surface area contributed by atoms with E-state index >= 15 is 0 Å². The summed E-state index contributed by atoms with van der Waals surface area (Å²) in [5.41, 5.74) is 1.38. The minimum atomic E-state index is -0.322. The smallest absolute Gasteiger partial charge is 0.227 e. The minimum Gasteiger partial charge on any atom is -0.383 e. The number of nitrogens with zero attached hydrogens (tertiary/aromatic N) is 4. The minimum absolute atomic E-state index is 0.00649. The van der Waals surface area contributed by atoms with E-state index in [-0.39, 0.29) is 18.1 Å². The molecule has 6 nitrogen and oxygen atoms in total. The Hall–Kier alpha value is -2.41. The molecule has 138 valence electrons. The van der Waals surface area contributed by atoms with Crippen LogP contribution in [-0.4, -0.2) is 54.0 Å². The first-order chi connectivity index (χ1) is 12.6. The molecule has 0 radical (unpaired) electrons. The van der Waals surface area contributed by atoms with Crippen LogP contribution in [0.3, 0.4) is 0 Å². The fourth-order valence-electron chi connectivity index (χ4n) is 3.12. The molecule has 0 unspecified atom stereocenters. The lowest BCUT2D eigenvalue weighted by molar-refractivity contribution is -0.130. The molecule has 1 saturated heterocycles. The molecule has 0 saturated carbocycles. The van der Waals surface area contributed by atoms with E-state index in [0.717, 1.165) is 18.8 Å². The van der Waals surface area contributed by atoms with Crippen molar-refractivity contribution in [2.75, 3.05) is 43.4 Å². The van der Waals surface area contributed by atoms with Crippen molar-refractivity contribution in [1.29, 1.82) is 0 Å². The van der Waals surface area contributed by atoms with Gasteiger partial charge in [-0.05, 0) is 24.1 Å². The van der Waals surface area contributed by atoms with E-state index in [1.807, 2.05) is 4.90 Å². The van der Waals surface area contributed by atoms with Crippen LogP contribution in [0.5, 0.6) is 0 Å². The summed E-state index contributed by atoms with van der Waals surface area (Å²) in [5.74, 6) is 0.427. The number of amides is 1. The summed E-state index contributed by atoms with van der Waals surface area (Å²) in [5, 5.41) is 3.41. The van der Waals surface area contributed by atoms with Crippen LogP contribution in [0, 0.1) is 5.82 Å². The van der Waals surface area contributed by atoms with Crippen LogP contribution < -0.4 is 10.2 Å². The van der Waals surface area contributed by atoms with Gasteiger partial charge in [-0.1, -0.05) is 23.7 Å². The van der Waals surface area contributed by atoms with Gasteiger partial charge in [0.1, 0.15) is 17.8 Å². The number of aromatic nitrogens is 2. The fourth-order valence-corrected chi connectivity index (χ4v) is 3.34. The van der Waals surface area contributed by atoms with Crippen molar-refractivity contribution in [3.05, 3.63) is 47.1 Å².